The summed E-state index contributed by atoms with van der Waals surface area (Å²) in [6.07, 6.45) is 4.03. The van der Waals surface area contributed by atoms with E-state index in [0.29, 0.717) is 5.17 Å². The van der Waals surface area contributed by atoms with Crippen LogP contribution < -0.4 is 5.32 Å². The van der Waals surface area contributed by atoms with E-state index in [-0.39, 0.29) is 12.3 Å². The van der Waals surface area contributed by atoms with Crippen molar-refractivity contribution in [2.45, 2.75) is 37.4 Å². The second-order valence-corrected chi connectivity index (χ2v) is 5.16. The van der Waals surface area contributed by atoms with Crippen LogP contribution in [-0.4, -0.2) is 33.1 Å². The first kappa shape index (κ1) is 12.1. The number of thioether (sulfide) groups is 1. The largest absolute Gasteiger partial charge is 0.481 e. The van der Waals surface area contributed by atoms with Crippen molar-refractivity contribution in [2.24, 2.45) is 10.2 Å². The summed E-state index contributed by atoms with van der Waals surface area (Å²) in [4.78, 5) is 21.9. The van der Waals surface area contributed by atoms with E-state index in [4.69, 9.17) is 5.11 Å². The first-order chi connectivity index (χ1) is 8.15. The van der Waals surface area contributed by atoms with E-state index < -0.39 is 11.2 Å². The van der Waals surface area contributed by atoms with Gasteiger partial charge >= 0.3 is 5.97 Å². The number of amides is 1. The molecule has 0 aromatic rings. The predicted molar refractivity (Wildman–Crippen MR) is 65.1 cm³/mol. The van der Waals surface area contributed by atoms with Gasteiger partial charge in [0.1, 0.15) is 5.25 Å². The van der Waals surface area contributed by atoms with Crippen molar-refractivity contribution in [1.29, 1.82) is 0 Å². The summed E-state index contributed by atoms with van der Waals surface area (Å²) in [6, 6.07) is 0. The number of carboxylic acid groups (broad SMARTS) is 1. The maximum atomic E-state index is 11.4. The average molecular weight is 255 g/mol. The summed E-state index contributed by atoms with van der Waals surface area (Å²) in [6.45, 7) is 0. The number of carbonyl (C=O) groups is 2. The Hall–Kier alpha value is -1.37. The van der Waals surface area contributed by atoms with Crippen molar-refractivity contribution in [2.75, 3.05) is 0 Å². The molecule has 0 spiro atoms. The zero-order chi connectivity index (χ0) is 12.3. The molecule has 92 valence electrons. The smallest absolute Gasteiger partial charge is 0.305 e. The van der Waals surface area contributed by atoms with Gasteiger partial charge in [-0.1, -0.05) is 11.8 Å². The van der Waals surface area contributed by atoms with Gasteiger partial charge in [-0.2, -0.15) is 5.10 Å². The van der Waals surface area contributed by atoms with Crippen LogP contribution in [0.1, 0.15) is 32.1 Å². The van der Waals surface area contributed by atoms with E-state index >= 15 is 0 Å². The third-order valence-electron chi connectivity index (χ3n) is 2.60. The number of rotatable bonds is 3. The molecule has 17 heavy (non-hydrogen) atoms. The zero-order valence-electron chi connectivity index (χ0n) is 9.18. The van der Waals surface area contributed by atoms with Crippen molar-refractivity contribution < 1.29 is 14.7 Å². The number of carboxylic acids is 1. The van der Waals surface area contributed by atoms with Crippen molar-refractivity contribution in [3.63, 3.8) is 0 Å². The van der Waals surface area contributed by atoms with Crippen LogP contribution in [0.15, 0.2) is 10.2 Å². The van der Waals surface area contributed by atoms with Crippen LogP contribution in [0.3, 0.4) is 0 Å². The van der Waals surface area contributed by atoms with Crippen LogP contribution in [-0.2, 0) is 9.59 Å². The molecule has 1 saturated carbocycles. The van der Waals surface area contributed by atoms with Crippen LogP contribution in [0.2, 0.25) is 0 Å². The molecular formula is C10H13N3O3S. The molecule has 0 radical (unpaired) electrons. The van der Waals surface area contributed by atoms with E-state index in [9.17, 15) is 9.59 Å². The predicted octanol–water partition coefficient (Wildman–Crippen LogP) is 0.979. The highest BCUT2D eigenvalue weighted by molar-refractivity contribution is 8.15. The highest BCUT2D eigenvalue weighted by Crippen LogP contribution is 2.23. The second kappa shape index (κ2) is 5.31. The van der Waals surface area contributed by atoms with Crippen LogP contribution >= 0.6 is 11.8 Å². The monoisotopic (exact) mass is 255 g/mol. The van der Waals surface area contributed by atoms with Crippen LogP contribution in [0.25, 0.3) is 0 Å². The third kappa shape index (κ3) is 3.29. The highest BCUT2D eigenvalue weighted by atomic mass is 32.2. The van der Waals surface area contributed by atoms with E-state index in [1.54, 1.807) is 0 Å². The summed E-state index contributed by atoms with van der Waals surface area (Å²) < 4.78 is 0. The molecule has 2 fully saturated rings. The standard InChI is InChI=1S/C10H13N3O3S/c14-8(15)5-7-9(16)11-10(17-7)13-12-6-3-1-2-4-6/h7H,1-5H2,(H,14,15)(H,11,13,16)/t7-/m1/s1. The van der Waals surface area contributed by atoms with Gasteiger partial charge in [0, 0.05) is 5.71 Å². The zero-order valence-corrected chi connectivity index (χ0v) is 10.00. The first-order valence-electron chi connectivity index (χ1n) is 5.48. The van der Waals surface area contributed by atoms with Crippen LogP contribution in [0, 0.1) is 0 Å². The fraction of sp³-hybridized carbons (Fsp3) is 0.600. The number of nitrogens with one attached hydrogen (secondary N) is 1. The molecule has 1 heterocycles. The molecule has 1 aliphatic heterocycles. The molecule has 0 unspecified atom stereocenters. The number of aliphatic carboxylic acids is 1. The second-order valence-electron chi connectivity index (χ2n) is 3.97. The number of amidine groups is 1. The molecule has 0 aromatic heterocycles. The molecule has 2 aliphatic rings. The molecule has 6 nitrogen and oxygen atoms in total. The quantitative estimate of drug-likeness (QED) is 0.735. The summed E-state index contributed by atoms with van der Waals surface area (Å²) in [5, 5.41) is 19.0. The Kier molecular flexibility index (Phi) is 3.78. The lowest BCUT2D eigenvalue weighted by Crippen LogP contribution is -2.26. The van der Waals surface area contributed by atoms with Crippen molar-refractivity contribution in [3.8, 4) is 0 Å². The summed E-state index contributed by atoms with van der Waals surface area (Å²) in [7, 11) is 0. The van der Waals surface area contributed by atoms with Crippen molar-refractivity contribution in [1.82, 2.24) is 5.32 Å². The summed E-state index contributed by atoms with van der Waals surface area (Å²) in [5.74, 6) is -1.29. The molecule has 2 rings (SSSR count). The van der Waals surface area contributed by atoms with Crippen LogP contribution in [0.4, 0.5) is 0 Å². The Morgan fingerprint density at radius 3 is 2.76 bits per heavy atom. The van der Waals surface area contributed by atoms with Crippen molar-refractivity contribution >= 4 is 34.5 Å². The molecule has 2 N–H and O–H groups in total. The normalized spacial score (nSPS) is 26.4. The first-order valence-corrected chi connectivity index (χ1v) is 6.36. The molecule has 1 aliphatic carbocycles. The summed E-state index contributed by atoms with van der Waals surface area (Å²) >= 11 is 1.13. The van der Waals surface area contributed by atoms with Crippen LogP contribution in [0.5, 0.6) is 0 Å². The Balaban J connectivity index is 1.95. The molecule has 0 aromatic carbocycles. The molecule has 1 atom stereocenters. The lowest BCUT2D eigenvalue weighted by Gasteiger charge is -1.97. The number of hydrogen-bond acceptors (Lipinski definition) is 5. The van der Waals surface area contributed by atoms with E-state index in [0.717, 1.165) is 43.2 Å². The van der Waals surface area contributed by atoms with E-state index in [2.05, 4.69) is 15.5 Å². The van der Waals surface area contributed by atoms with Gasteiger partial charge in [0.2, 0.25) is 5.91 Å². The van der Waals surface area contributed by atoms with Gasteiger partial charge < -0.3 is 10.4 Å². The Labute approximate surface area is 103 Å². The van der Waals surface area contributed by atoms with Gasteiger partial charge in [0.15, 0.2) is 5.17 Å². The Morgan fingerprint density at radius 2 is 2.12 bits per heavy atom. The Morgan fingerprint density at radius 1 is 1.41 bits per heavy atom. The maximum absolute atomic E-state index is 11.4. The lowest BCUT2D eigenvalue weighted by atomic mass is 10.3. The number of hydrogen-bond donors (Lipinski definition) is 2. The average Bonchev–Trinajstić information content (AvgIpc) is 2.86. The van der Waals surface area contributed by atoms with E-state index in [1.165, 1.54) is 0 Å². The molecule has 1 saturated heterocycles. The SMILES string of the molecule is O=C(O)C[C@H]1S/C(=N\N=C2CCCC2)NC1=O. The minimum absolute atomic E-state index is 0.188. The number of carbonyl (C=O) groups excluding carboxylic acids is 1. The highest BCUT2D eigenvalue weighted by Gasteiger charge is 2.32. The molecule has 7 heteroatoms. The lowest BCUT2D eigenvalue weighted by molar-refractivity contribution is -0.138. The van der Waals surface area contributed by atoms with Crippen molar-refractivity contribution in [3.05, 3.63) is 0 Å². The van der Waals surface area contributed by atoms with Gasteiger partial charge in [-0.3, -0.25) is 9.59 Å². The minimum atomic E-state index is -0.985. The third-order valence-corrected chi connectivity index (χ3v) is 3.67. The van der Waals surface area contributed by atoms with E-state index in [1.807, 2.05) is 0 Å². The fourth-order valence-electron chi connectivity index (χ4n) is 1.74. The maximum Gasteiger partial charge on any atom is 0.305 e. The minimum Gasteiger partial charge on any atom is -0.481 e. The van der Waals surface area contributed by atoms with Gasteiger partial charge in [-0.15, -0.1) is 5.10 Å². The fourth-order valence-corrected chi connectivity index (χ4v) is 2.65. The summed E-state index contributed by atoms with van der Waals surface area (Å²) in [5.41, 5.74) is 1.05. The molecule has 1 amide bonds. The molecule has 0 bridgehead atoms. The van der Waals surface area contributed by atoms with Gasteiger partial charge in [0.25, 0.3) is 0 Å². The number of nitrogens with zero attached hydrogens (tertiary/aromatic N) is 2. The van der Waals surface area contributed by atoms with Gasteiger partial charge in [-0.05, 0) is 25.7 Å². The van der Waals surface area contributed by atoms with Gasteiger partial charge in [-0.25, -0.2) is 0 Å². The molecular weight excluding hydrogens is 242 g/mol. The topological polar surface area (TPSA) is 91.1 Å². The Bertz CT molecular complexity index is 398. The van der Waals surface area contributed by atoms with Gasteiger partial charge in [0.05, 0.1) is 6.42 Å².